The lowest BCUT2D eigenvalue weighted by Gasteiger charge is -2.01. The molecule has 0 saturated carbocycles. The van der Waals surface area contributed by atoms with Crippen molar-refractivity contribution in [3.8, 4) is 0 Å². The average molecular weight is 271 g/mol. The van der Waals surface area contributed by atoms with Crippen molar-refractivity contribution in [2.75, 3.05) is 18.5 Å². The Labute approximate surface area is 108 Å². The Hall–Kier alpha value is -1.33. The van der Waals surface area contributed by atoms with Crippen molar-refractivity contribution >= 4 is 44.3 Å². The number of rotatable bonds is 4. The summed E-state index contributed by atoms with van der Waals surface area (Å²) in [7, 11) is 0. The van der Waals surface area contributed by atoms with E-state index in [0.29, 0.717) is 16.8 Å². The average Bonchev–Trinajstić information content (AvgIpc) is 2.68. The summed E-state index contributed by atoms with van der Waals surface area (Å²) in [4.78, 5) is 15.5. The highest BCUT2D eigenvalue weighted by atomic mass is 35.5. The molecule has 0 radical (unpaired) electrons. The van der Waals surface area contributed by atoms with Crippen molar-refractivity contribution in [1.82, 2.24) is 4.98 Å². The third-order valence-electron chi connectivity index (χ3n) is 2.04. The Morgan fingerprint density at radius 1 is 1.59 bits per heavy atom. The van der Waals surface area contributed by atoms with Crippen molar-refractivity contribution in [3.63, 3.8) is 0 Å². The molecule has 2 aromatic rings. The molecular weight excluding hydrogens is 260 g/mol. The van der Waals surface area contributed by atoms with Gasteiger partial charge in [-0.15, -0.1) is 0 Å². The van der Waals surface area contributed by atoms with Crippen LogP contribution < -0.4 is 5.32 Å². The summed E-state index contributed by atoms with van der Waals surface area (Å²) in [5.41, 5.74) is 0.828. The fourth-order valence-electron chi connectivity index (χ4n) is 1.34. The number of esters is 1. The number of benzene rings is 1. The third-order valence-corrected chi connectivity index (χ3v) is 3.27. The molecule has 4 nitrogen and oxygen atoms in total. The maximum Gasteiger partial charge on any atom is 0.325 e. The molecule has 1 aromatic heterocycles. The zero-order valence-electron chi connectivity index (χ0n) is 9.20. The molecule has 17 heavy (non-hydrogen) atoms. The summed E-state index contributed by atoms with van der Waals surface area (Å²) in [6.45, 7) is 2.29. The van der Waals surface area contributed by atoms with Gasteiger partial charge in [-0.2, -0.15) is 0 Å². The monoisotopic (exact) mass is 270 g/mol. The molecule has 90 valence electrons. The van der Waals surface area contributed by atoms with E-state index < -0.39 is 0 Å². The first kappa shape index (κ1) is 12.1. The molecule has 0 aliphatic heterocycles. The summed E-state index contributed by atoms with van der Waals surface area (Å²) in [5.74, 6) is -0.287. The molecule has 0 aliphatic rings. The lowest BCUT2D eigenvalue weighted by Crippen LogP contribution is -2.16. The SMILES string of the molecule is CCOC(=O)CNc1nc2cc(Cl)ccc2s1. The van der Waals surface area contributed by atoms with Crippen LogP contribution >= 0.6 is 22.9 Å². The molecule has 0 spiro atoms. The molecule has 0 saturated heterocycles. The number of hydrogen-bond donors (Lipinski definition) is 1. The molecule has 0 bridgehead atoms. The van der Waals surface area contributed by atoms with Gasteiger partial charge in [-0.05, 0) is 25.1 Å². The van der Waals surface area contributed by atoms with Crippen molar-refractivity contribution < 1.29 is 9.53 Å². The Morgan fingerprint density at radius 2 is 2.41 bits per heavy atom. The Balaban J connectivity index is 2.07. The van der Waals surface area contributed by atoms with Crippen LogP contribution in [0.1, 0.15) is 6.92 Å². The van der Waals surface area contributed by atoms with Gasteiger partial charge >= 0.3 is 5.97 Å². The first-order valence-electron chi connectivity index (χ1n) is 5.14. The van der Waals surface area contributed by atoms with Crippen LogP contribution in [0.25, 0.3) is 10.2 Å². The normalized spacial score (nSPS) is 10.5. The molecule has 0 amide bonds. The number of nitrogens with one attached hydrogen (secondary N) is 1. The number of anilines is 1. The summed E-state index contributed by atoms with van der Waals surface area (Å²) in [5, 5.41) is 4.27. The maximum absolute atomic E-state index is 11.2. The zero-order chi connectivity index (χ0) is 12.3. The first-order chi connectivity index (χ1) is 8.19. The van der Waals surface area contributed by atoms with Crippen LogP contribution in [-0.4, -0.2) is 24.1 Å². The van der Waals surface area contributed by atoms with Gasteiger partial charge in [0.15, 0.2) is 5.13 Å². The quantitative estimate of drug-likeness (QED) is 0.868. The molecule has 0 atom stereocenters. The van der Waals surface area contributed by atoms with Crippen LogP contribution in [-0.2, 0) is 9.53 Å². The Kier molecular flexibility index (Phi) is 3.81. The van der Waals surface area contributed by atoms with Gasteiger partial charge in [-0.25, -0.2) is 4.98 Å². The number of aromatic nitrogens is 1. The molecule has 0 aliphatic carbocycles. The summed E-state index contributed by atoms with van der Waals surface area (Å²) in [6, 6.07) is 5.52. The fraction of sp³-hybridized carbons (Fsp3) is 0.273. The molecule has 2 rings (SSSR count). The van der Waals surface area contributed by atoms with Gasteiger partial charge in [0.2, 0.25) is 0 Å². The van der Waals surface area contributed by atoms with Crippen molar-refractivity contribution in [1.29, 1.82) is 0 Å². The van der Waals surface area contributed by atoms with Crippen LogP contribution in [0.5, 0.6) is 0 Å². The maximum atomic E-state index is 11.2. The minimum Gasteiger partial charge on any atom is -0.465 e. The van der Waals surface area contributed by atoms with E-state index in [-0.39, 0.29) is 12.5 Å². The molecule has 0 fully saturated rings. The second kappa shape index (κ2) is 5.33. The van der Waals surface area contributed by atoms with E-state index in [9.17, 15) is 4.79 Å². The van der Waals surface area contributed by atoms with Crippen LogP contribution in [0, 0.1) is 0 Å². The second-order valence-electron chi connectivity index (χ2n) is 3.29. The van der Waals surface area contributed by atoms with Gasteiger partial charge in [-0.3, -0.25) is 4.79 Å². The van der Waals surface area contributed by atoms with Crippen LogP contribution in [0.2, 0.25) is 5.02 Å². The fourth-order valence-corrected chi connectivity index (χ4v) is 2.34. The smallest absolute Gasteiger partial charge is 0.325 e. The predicted octanol–water partition coefficient (Wildman–Crippen LogP) is 2.92. The third kappa shape index (κ3) is 3.08. The molecular formula is C11H11ClN2O2S. The highest BCUT2D eigenvalue weighted by molar-refractivity contribution is 7.22. The molecule has 1 aromatic carbocycles. The number of carbonyl (C=O) groups is 1. The van der Waals surface area contributed by atoms with E-state index in [0.717, 1.165) is 10.2 Å². The van der Waals surface area contributed by atoms with E-state index in [1.165, 1.54) is 11.3 Å². The highest BCUT2D eigenvalue weighted by Gasteiger charge is 2.06. The molecule has 0 unspecified atom stereocenters. The van der Waals surface area contributed by atoms with E-state index >= 15 is 0 Å². The van der Waals surface area contributed by atoms with Crippen molar-refractivity contribution in [3.05, 3.63) is 23.2 Å². The van der Waals surface area contributed by atoms with Crippen LogP contribution in [0.4, 0.5) is 5.13 Å². The number of carbonyl (C=O) groups excluding carboxylic acids is 1. The number of ether oxygens (including phenoxy) is 1. The summed E-state index contributed by atoms with van der Waals surface area (Å²) < 4.78 is 5.84. The van der Waals surface area contributed by atoms with E-state index in [4.69, 9.17) is 16.3 Å². The van der Waals surface area contributed by atoms with Gasteiger partial charge in [0.1, 0.15) is 6.54 Å². The number of thiazole rings is 1. The van der Waals surface area contributed by atoms with E-state index in [1.54, 1.807) is 13.0 Å². The summed E-state index contributed by atoms with van der Waals surface area (Å²) in [6.07, 6.45) is 0. The minimum atomic E-state index is -0.287. The largest absolute Gasteiger partial charge is 0.465 e. The van der Waals surface area contributed by atoms with Crippen molar-refractivity contribution in [2.24, 2.45) is 0 Å². The van der Waals surface area contributed by atoms with Gasteiger partial charge < -0.3 is 10.1 Å². The Bertz CT molecular complexity index is 541. The number of fused-ring (bicyclic) bond motifs is 1. The number of halogens is 1. The minimum absolute atomic E-state index is 0.126. The number of nitrogens with zero attached hydrogens (tertiary/aromatic N) is 1. The molecule has 1 heterocycles. The van der Waals surface area contributed by atoms with Gasteiger partial charge in [-0.1, -0.05) is 22.9 Å². The van der Waals surface area contributed by atoms with Crippen LogP contribution in [0.3, 0.4) is 0 Å². The van der Waals surface area contributed by atoms with Gasteiger partial charge in [0.05, 0.1) is 16.8 Å². The second-order valence-corrected chi connectivity index (χ2v) is 4.76. The summed E-state index contributed by atoms with van der Waals surface area (Å²) >= 11 is 7.34. The van der Waals surface area contributed by atoms with Gasteiger partial charge in [0.25, 0.3) is 0 Å². The topological polar surface area (TPSA) is 51.2 Å². The molecule has 1 N–H and O–H groups in total. The predicted molar refractivity (Wildman–Crippen MR) is 69.8 cm³/mol. The van der Waals surface area contributed by atoms with Crippen LogP contribution in [0.15, 0.2) is 18.2 Å². The number of hydrogen-bond acceptors (Lipinski definition) is 5. The zero-order valence-corrected chi connectivity index (χ0v) is 10.8. The highest BCUT2D eigenvalue weighted by Crippen LogP contribution is 2.27. The van der Waals surface area contributed by atoms with E-state index in [1.807, 2.05) is 12.1 Å². The lowest BCUT2D eigenvalue weighted by molar-refractivity contribution is -0.140. The van der Waals surface area contributed by atoms with Crippen molar-refractivity contribution in [2.45, 2.75) is 6.92 Å². The lowest BCUT2D eigenvalue weighted by atomic mass is 10.3. The first-order valence-corrected chi connectivity index (χ1v) is 6.34. The van der Waals surface area contributed by atoms with Gasteiger partial charge in [0, 0.05) is 5.02 Å². The molecule has 6 heteroatoms. The standard InChI is InChI=1S/C11H11ClN2O2S/c1-2-16-10(15)6-13-11-14-8-5-7(12)3-4-9(8)17-11/h3-5H,2,6H2,1H3,(H,13,14). The van der Waals surface area contributed by atoms with E-state index in [2.05, 4.69) is 10.3 Å². The Morgan fingerprint density at radius 3 is 3.18 bits per heavy atom.